The zero-order chi connectivity index (χ0) is 10.3. The van der Waals surface area contributed by atoms with Crippen molar-refractivity contribution in [2.24, 2.45) is 11.8 Å². The average Bonchev–Trinajstić information content (AvgIpc) is 2.02. The molecule has 0 aromatic heterocycles. The Hall–Kier alpha value is -1.04. The highest BCUT2D eigenvalue weighted by atomic mass is 16.5. The van der Waals surface area contributed by atoms with Crippen LogP contribution in [0.2, 0.25) is 0 Å². The van der Waals surface area contributed by atoms with Crippen molar-refractivity contribution in [1.82, 2.24) is 0 Å². The fraction of sp³-hybridized carbons (Fsp3) is 0.700. The minimum Gasteiger partial charge on any atom is -0.466 e. The third-order valence-electron chi connectivity index (χ3n) is 1.52. The molecule has 1 radical (unpaired) electrons. The first-order valence-corrected chi connectivity index (χ1v) is 4.51. The van der Waals surface area contributed by atoms with Crippen LogP contribution < -0.4 is 0 Å². The van der Waals surface area contributed by atoms with Gasteiger partial charge in [0.25, 0.3) is 0 Å². The quantitative estimate of drug-likeness (QED) is 0.610. The fourth-order valence-electron chi connectivity index (χ4n) is 1.02. The average molecular weight is 182 g/mol. The van der Waals surface area contributed by atoms with Crippen LogP contribution in [0.15, 0.2) is 0 Å². The number of hydrogen-bond acceptors (Lipinski definition) is 3. The van der Waals surface area contributed by atoms with E-state index in [4.69, 9.17) is 10.00 Å². The molecule has 0 aliphatic rings. The van der Waals surface area contributed by atoms with E-state index >= 15 is 0 Å². The molecule has 0 fully saturated rings. The third-order valence-corrected chi connectivity index (χ3v) is 1.52. The second kappa shape index (κ2) is 6.47. The van der Waals surface area contributed by atoms with Gasteiger partial charge in [0.15, 0.2) is 0 Å². The number of esters is 1. The van der Waals surface area contributed by atoms with Crippen molar-refractivity contribution in [3.8, 4) is 6.07 Å². The Bertz CT molecular complexity index is 194. The van der Waals surface area contributed by atoms with Crippen LogP contribution in [-0.4, -0.2) is 12.6 Å². The number of hydrogen-bond donors (Lipinski definition) is 0. The summed E-state index contributed by atoms with van der Waals surface area (Å²) in [4.78, 5) is 11.0. The molecule has 0 bridgehead atoms. The van der Waals surface area contributed by atoms with Crippen LogP contribution >= 0.6 is 0 Å². The predicted octanol–water partition coefficient (Wildman–Crippen LogP) is 1.94. The Balaban J connectivity index is 3.85. The summed E-state index contributed by atoms with van der Waals surface area (Å²) >= 11 is 0. The predicted molar refractivity (Wildman–Crippen MR) is 49.5 cm³/mol. The summed E-state index contributed by atoms with van der Waals surface area (Å²) in [6.07, 6.45) is 2.05. The molecule has 0 rings (SSSR count). The summed E-state index contributed by atoms with van der Waals surface area (Å²) in [5.41, 5.74) is 0. The number of ether oxygens (including phenoxy) is 1. The summed E-state index contributed by atoms with van der Waals surface area (Å²) in [5, 5.41) is 8.70. The van der Waals surface area contributed by atoms with Gasteiger partial charge >= 0.3 is 5.97 Å². The Labute approximate surface area is 79.7 Å². The topological polar surface area (TPSA) is 50.1 Å². The van der Waals surface area contributed by atoms with Crippen LogP contribution in [0.25, 0.3) is 0 Å². The first kappa shape index (κ1) is 12.0. The van der Waals surface area contributed by atoms with Crippen molar-refractivity contribution in [1.29, 1.82) is 5.26 Å². The molecule has 73 valence electrons. The Morgan fingerprint density at radius 3 is 2.62 bits per heavy atom. The standard InChI is InChI=1S/C10H16NO2/c1-4-13-10(12)6-9(7-11)5-8(2)3/h6,8-9H,4-5H2,1-3H3/t9-/m0/s1. The van der Waals surface area contributed by atoms with Crippen molar-refractivity contribution in [2.75, 3.05) is 6.61 Å². The van der Waals surface area contributed by atoms with Gasteiger partial charge in [0.2, 0.25) is 0 Å². The Morgan fingerprint density at radius 1 is 1.62 bits per heavy atom. The Morgan fingerprint density at radius 2 is 2.23 bits per heavy atom. The van der Waals surface area contributed by atoms with Crippen LogP contribution in [0.5, 0.6) is 0 Å². The second-order valence-corrected chi connectivity index (χ2v) is 3.28. The molecule has 13 heavy (non-hydrogen) atoms. The molecule has 0 aliphatic carbocycles. The van der Waals surface area contributed by atoms with E-state index in [1.54, 1.807) is 6.92 Å². The molecule has 0 saturated carbocycles. The van der Waals surface area contributed by atoms with E-state index in [0.29, 0.717) is 18.9 Å². The van der Waals surface area contributed by atoms with E-state index < -0.39 is 5.97 Å². The summed E-state index contributed by atoms with van der Waals surface area (Å²) in [7, 11) is 0. The SMILES string of the molecule is CCOC(=O)[CH][C@@H](C#N)CC(C)C. The molecule has 0 amide bonds. The maximum atomic E-state index is 11.0. The van der Waals surface area contributed by atoms with Gasteiger partial charge in [-0.2, -0.15) is 5.26 Å². The lowest BCUT2D eigenvalue weighted by atomic mass is 9.96. The van der Waals surface area contributed by atoms with Gasteiger partial charge < -0.3 is 4.74 Å². The highest BCUT2D eigenvalue weighted by Crippen LogP contribution is 2.13. The Kier molecular flexibility index (Phi) is 5.96. The summed E-state index contributed by atoms with van der Waals surface area (Å²) in [6.45, 7) is 6.14. The van der Waals surface area contributed by atoms with Crippen LogP contribution in [0, 0.1) is 29.6 Å². The van der Waals surface area contributed by atoms with Gasteiger partial charge in [0.05, 0.1) is 25.0 Å². The van der Waals surface area contributed by atoms with E-state index in [-0.39, 0.29) is 5.92 Å². The van der Waals surface area contributed by atoms with Crippen LogP contribution in [0.1, 0.15) is 27.2 Å². The zero-order valence-corrected chi connectivity index (χ0v) is 8.41. The normalized spacial score (nSPS) is 12.2. The number of rotatable bonds is 5. The summed E-state index contributed by atoms with van der Waals surface area (Å²) < 4.78 is 4.71. The van der Waals surface area contributed by atoms with Crippen LogP contribution in [0.3, 0.4) is 0 Å². The van der Waals surface area contributed by atoms with Gasteiger partial charge in [-0.1, -0.05) is 13.8 Å². The van der Waals surface area contributed by atoms with E-state index in [0.717, 1.165) is 0 Å². The third kappa shape index (κ3) is 6.15. The number of carbonyl (C=O) groups excluding carboxylic acids is 1. The van der Waals surface area contributed by atoms with Crippen molar-refractivity contribution in [2.45, 2.75) is 27.2 Å². The number of nitrogens with zero attached hydrogens (tertiary/aromatic N) is 1. The molecule has 0 aromatic rings. The first-order valence-electron chi connectivity index (χ1n) is 4.51. The van der Waals surface area contributed by atoms with Crippen LogP contribution in [-0.2, 0) is 9.53 Å². The highest BCUT2D eigenvalue weighted by Gasteiger charge is 2.15. The largest absolute Gasteiger partial charge is 0.466 e. The maximum Gasteiger partial charge on any atom is 0.311 e. The first-order chi connectivity index (χ1) is 6.10. The highest BCUT2D eigenvalue weighted by molar-refractivity contribution is 5.79. The van der Waals surface area contributed by atoms with Crippen molar-refractivity contribution in [3.05, 3.63) is 6.42 Å². The zero-order valence-electron chi connectivity index (χ0n) is 8.41. The molecule has 0 heterocycles. The second-order valence-electron chi connectivity index (χ2n) is 3.28. The van der Waals surface area contributed by atoms with Crippen molar-refractivity contribution >= 4 is 5.97 Å². The van der Waals surface area contributed by atoms with E-state index in [9.17, 15) is 4.79 Å². The van der Waals surface area contributed by atoms with E-state index in [2.05, 4.69) is 6.07 Å². The lowest BCUT2D eigenvalue weighted by Crippen LogP contribution is -2.13. The van der Waals surface area contributed by atoms with Gasteiger partial charge in [-0.15, -0.1) is 0 Å². The molecule has 0 aromatic carbocycles. The van der Waals surface area contributed by atoms with Crippen LogP contribution in [0.4, 0.5) is 0 Å². The van der Waals surface area contributed by atoms with Gasteiger partial charge in [0.1, 0.15) is 0 Å². The fourth-order valence-corrected chi connectivity index (χ4v) is 1.02. The van der Waals surface area contributed by atoms with Gasteiger partial charge in [-0.3, -0.25) is 4.79 Å². The van der Waals surface area contributed by atoms with Gasteiger partial charge in [-0.05, 0) is 19.3 Å². The summed E-state index contributed by atoms with van der Waals surface area (Å²) in [6, 6.07) is 2.07. The van der Waals surface area contributed by atoms with Crippen molar-refractivity contribution < 1.29 is 9.53 Å². The number of carbonyl (C=O) groups is 1. The van der Waals surface area contributed by atoms with Crippen molar-refractivity contribution in [3.63, 3.8) is 0 Å². The molecular weight excluding hydrogens is 166 g/mol. The van der Waals surface area contributed by atoms with E-state index in [1.807, 2.05) is 13.8 Å². The van der Waals surface area contributed by atoms with Gasteiger partial charge in [-0.25, -0.2) is 0 Å². The van der Waals surface area contributed by atoms with E-state index in [1.165, 1.54) is 6.42 Å². The number of nitriles is 1. The molecule has 0 aliphatic heterocycles. The minimum atomic E-state index is -0.394. The minimum absolute atomic E-state index is 0.320. The monoisotopic (exact) mass is 182 g/mol. The smallest absolute Gasteiger partial charge is 0.311 e. The molecule has 0 saturated heterocycles. The summed E-state index contributed by atoms with van der Waals surface area (Å²) in [5.74, 6) is -0.302. The molecule has 3 heteroatoms. The lowest BCUT2D eigenvalue weighted by molar-refractivity contribution is -0.139. The molecular formula is C10H16NO2. The van der Waals surface area contributed by atoms with Gasteiger partial charge in [0, 0.05) is 0 Å². The molecule has 0 N–H and O–H groups in total. The lowest BCUT2D eigenvalue weighted by Gasteiger charge is -2.09. The molecule has 0 spiro atoms. The molecule has 0 unspecified atom stereocenters. The molecule has 1 atom stereocenters. The maximum absolute atomic E-state index is 11.0. The molecule has 3 nitrogen and oxygen atoms in total.